The minimum absolute atomic E-state index is 0.0244. The van der Waals surface area contributed by atoms with Crippen LogP contribution in [-0.4, -0.2) is 22.3 Å². The molecule has 1 aliphatic heterocycles. The van der Waals surface area contributed by atoms with E-state index in [0.717, 1.165) is 22.3 Å². The average Bonchev–Trinajstić information content (AvgIpc) is 2.67. The Morgan fingerprint density at radius 2 is 1.72 bits per heavy atom. The minimum atomic E-state index is -0.0899. The lowest BCUT2D eigenvalue weighted by atomic mass is 9.97. The van der Waals surface area contributed by atoms with Crippen LogP contribution in [0.1, 0.15) is 21.5 Å². The van der Waals surface area contributed by atoms with Crippen molar-refractivity contribution in [1.29, 1.82) is 0 Å². The number of aromatic amines is 1. The van der Waals surface area contributed by atoms with Gasteiger partial charge in [0.1, 0.15) is 0 Å². The standard InChI is InChI=1S/C21H18N2O2/c24-20-12-16-10-11-23(14-17(16)13-22-20)21(25)19-9-5-4-8-18(19)15-6-2-1-3-7-15/h1-9,12-13H,10-11,14H2,(H,22,24). The quantitative estimate of drug-likeness (QED) is 0.784. The van der Waals surface area contributed by atoms with E-state index < -0.39 is 0 Å². The summed E-state index contributed by atoms with van der Waals surface area (Å²) in [5, 5.41) is 0. The number of aromatic nitrogens is 1. The normalized spacial score (nSPS) is 13.4. The van der Waals surface area contributed by atoms with Crippen molar-refractivity contribution in [2.45, 2.75) is 13.0 Å². The molecule has 124 valence electrons. The maximum atomic E-state index is 13.1. The van der Waals surface area contributed by atoms with Gasteiger partial charge in [0, 0.05) is 30.9 Å². The summed E-state index contributed by atoms with van der Waals surface area (Å²) in [5.41, 5.74) is 4.64. The number of benzene rings is 2. The third kappa shape index (κ3) is 2.98. The minimum Gasteiger partial charge on any atom is -0.334 e. The second-order valence-corrected chi connectivity index (χ2v) is 6.24. The Morgan fingerprint density at radius 3 is 2.56 bits per heavy atom. The summed E-state index contributed by atoms with van der Waals surface area (Å²) in [7, 11) is 0. The van der Waals surface area contributed by atoms with E-state index >= 15 is 0 Å². The van der Waals surface area contributed by atoms with Crippen molar-refractivity contribution in [1.82, 2.24) is 9.88 Å². The molecule has 0 spiro atoms. The molecule has 1 N–H and O–H groups in total. The Balaban J connectivity index is 1.67. The number of H-pyrrole nitrogens is 1. The molecule has 0 atom stereocenters. The molecule has 0 bridgehead atoms. The van der Waals surface area contributed by atoms with Gasteiger partial charge in [0.2, 0.25) is 5.56 Å². The van der Waals surface area contributed by atoms with Crippen LogP contribution in [0.4, 0.5) is 0 Å². The van der Waals surface area contributed by atoms with E-state index in [0.29, 0.717) is 25.1 Å². The molecule has 2 aromatic carbocycles. The third-order valence-corrected chi connectivity index (χ3v) is 4.65. The number of pyridine rings is 1. The lowest BCUT2D eigenvalue weighted by Crippen LogP contribution is -2.36. The van der Waals surface area contributed by atoms with E-state index in [4.69, 9.17) is 0 Å². The first kappa shape index (κ1) is 15.4. The van der Waals surface area contributed by atoms with Crippen molar-refractivity contribution < 1.29 is 4.79 Å². The maximum absolute atomic E-state index is 13.1. The van der Waals surface area contributed by atoms with Crippen LogP contribution in [0.15, 0.2) is 71.7 Å². The number of hydrogen-bond acceptors (Lipinski definition) is 2. The Kier molecular flexibility index (Phi) is 3.94. The summed E-state index contributed by atoms with van der Waals surface area (Å²) in [4.78, 5) is 29.1. The van der Waals surface area contributed by atoms with Gasteiger partial charge < -0.3 is 9.88 Å². The number of carbonyl (C=O) groups excluding carboxylic acids is 1. The van der Waals surface area contributed by atoms with Gasteiger partial charge in [0.25, 0.3) is 5.91 Å². The highest BCUT2D eigenvalue weighted by atomic mass is 16.2. The smallest absolute Gasteiger partial charge is 0.254 e. The van der Waals surface area contributed by atoms with Gasteiger partial charge in [-0.3, -0.25) is 9.59 Å². The fourth-order valence-electron chi connectivity index (χ4n) is 3.35. The number of hydrogen-bond donors (Lipinski definition) is 1. The highest BCUT2D eigenvalue weighted by molar-refractivity contribution is 6.01. The van der Waals surface area contributed by atoms with Crippen molar-refractivity contribution >= 4 is 5.91 Å². The first-order valence-corrected chi connectivity index (χ1v) is 8.36. The Labute approximate surface area is 145 Å². The van der Waals surface area contributed by atoms with Crippen molar-refractivity contribution in [3.63, 3.8) is 0 Å². The number of nitrogens with one attached hydrogen (secondary N) is 1. The maximum Gasteiger partial charge on any atom is 0.254 e. The molecule has 25 heavy (non-hydrogen) atoms. The van der Waals surface area contributed by atoms with Crippen LogP contribution in [0.5, 0.6) is 0 Å². The molecular weight excluding hydrogens is 312 g/mol. The van der Waals surface area contributed by atoms with Crippen molar-refractivity contribution in [3.05, 3.63) is 93.9 Å². The predicted octanol–water partition coefficient (Wildman–Crippen LogP) is 3.24. The molecule has 0 radical (unpaired) electrons. The number of nitrogens with zero attached hydrogens (tertiary/aromatic N) is 1. The summed E-state index contributed by atoms with van der Waals surface area (Å²) in [6, 6.07) is 19.3. The SMILES string of the molecule is O=C(c1ccccc1-c1ccccc1)N1CCc2cc(=O)[nH]cc2C1. The van der Waals surface area contributed by atoms with Gasteiger partial charge in [-0.05, 0) is 34.7 Å². The molecule has 4 rings (SSSR count). The van der Waals surface area contributed by atoms with Crippen LogP contribution in [0.2, 0.25) is 0 Å². The average molecular weight is 330 g/mol. The molecule has 0 fully saturated rings. The van der Waals surface area contributed by atoms with Gasteiger partial charge in [-0.25, -0.2) is 0 Å². The van der Waals surface area contributed by atoms with Crippen LogP contribution >= 0.6 is 0 Å². The monoisotopic (exact) mass is 330 g/mol. The third-order valence-electron chi connectivity index (χ3n) is 4.65. The van der Waals surface area contributed by atoms with E-state index in [1.807, 2.05) is 59.5 Å². The molecule has 2 heterocycles. The molecule has 0 saturated heterocycles. The molecule has 0 saturated carbocycles. The van der Waals surface area contributed by atoms with Gasteiger partial charge in [0.15, 0.2) is 0 Å². The molecule has 4 nitrogen and oxygen atoms in total. The summed E-state index contributed by atoms with van der Waals surface area (Å²) in [5.74, 6) is 0.0244. The van der Waals surface area contributed by atoms with Crippen LogP contribution in [0.25, 0.3) is 11.1 Å². The Hall–Kier alpha value is -3.14. The van der Waals surface area contributed by atoms with Crippen LogP contribution in [0, 0.1) is 0 Å². The number of rotatable bonds is 2. The number of fused-ring (bicyclic) bond motifs is 1. The lowest BCUT2D eigenvalue weighted by molar-refractivity contribution is 0.0735. The Bertz CT molecular complexity index is 976. The molecule has 0 unspecified atom stereocenters. The topological polar surface area (TPSA) is 53.2 Å². The van der Waals surface area contributed by atoms with Gasteiger partial charge in [-0.15, -0.1) is 0 Å². The van der Waals surface area contributed by atoms with Gasteiger partial charge in [-0.2, -0.15) is 0 Å². The largest absolute Gasteiger partial charge is 0.334 e. The summed E-state index contributed by atoms with van der Waals surface area (Å²) in [6.45, 7) is 1.15. The van der Waals surface area contributed by atoms with Crippen molar-refractivity contribution in [2.24, 2.45) is 0 Å². The molecule has 3 aromatic rings. The fourth-order valence-corrected chi connectivity index (χ4v) is 3.35. The van der Waals surface area contributed by atoms with Crippen LogP contribution < -0.4 is 5.56 Å². The predicted molar refractivity (Wildman–Crippen MR) is 97.4 cm³/mol. The van der Waals surface area contributed by atoms with Gasteiger partial charge >= 0.3 is 0 Å². The second-order valence-electron chi connectivity index (χ2n) is 6.24. The molecule has 1 amide bonds. The van der Waals surface area contributed by atoms with Crippen LogP contribution in [-0.2, 0) is 13.0 Å². The molecule has 0 aliphatic carbocycles. The molecular formula is C21H18N2O2. The zero-order valence-corrected chi connectivity index (χ0v) is 13.7. The lowest BCUT2D eigenvalue weighted by Gasteiger charge is -2.29. The van der Waals surface area contributed by atoms with E-state index in [1.165, 1.54) is 0 Å². The highest BCUT2D eigenvalue weighted by Crippen LogP contribution is 2.26. The molecule has 4 heteroatoms. The summed E-state index contributed by atoms with van der Waals surface area (Å²) in [6.07, 6.45) is 2.43. The fraction of sp³-hybridized carbons (Fsp3) is 0.143. The van der Waals surface area contributed by atoms with E-state index in [9.17, 15) is 9.59 Å². The van der Waals surface area contributed by atoms with Gasteiger partial charge in [-0.1, -0.05) is 48.5 Å². The van der Waals surface area contributed by atoms with E-state index in [1.54, 1.807) is 12.3 Å². The highest BCUT2D eigenvalue weighted by Gasteiger charge is 2.23. The van der Waals surface area contributed by atoms with Crippen molar-refractivity contribution in [2.75, 3.05) is 6.54 Å². The zero-order chi connectivity index (χ0) is 17.2. The Morgan fingerprint density at radius 1 is 0.960 bits per heavy atom. The van der Waals surface area contributed by atoms with E-state index in [-0.39, 0.29) is 11.5 Å². The van der Waals surface area contributed by atoms with E-state index in [2.05, 4.69) is 4.98 Å². The first-order valence-electron chi connectivity index (χ1n) is 8.36. The number of amides is 1. The summed E-state index contributed by atoms with van der Waals surface area (Å²) < 4.78 is 0. The van der Waals surface area contributed by atoms with Crippen molar-refractivity contribution in [3.8, 4) is 11.1 Å². The first-order chi connectivity index (χ1) is 12.2. The molecule has 1 aromatic heterocycles. The second kappa shape index (κ2) is 6.40. The zero-order valence-electron chi connectivity index (χ0n) is 13.7. The molecule has 1 aliphatic rings. The van der Waals surface area contributed by atoms with Gasteiger partial charge in [0.05, 0.1) is 0 Å². The van der Waals surface area contributed by atoms with Crippen LogP contribution in [0.3, 0.4) is 0 Å². The summed E-state index contributed by atoms with van der Waals surface area (Å²) >= 11 is 0. The number of carbonyl (C=O) groups is 1.